The molecule has 0 unspecified atom stereocenters. The summed E-state index contributed by atoms with van der Waals surface area (Å²) in [4.78, 5) is 11.1. The average Bonchev–Trinajstić information content (AvgIpc) is 2.47. The van der Waals surface area contributed by atoms with Gasteiger partial charge >= 0.3 is 0 Å². The molecule has 0 aliphatic carbocycles. The van der Waals surface area contributed by atoms with E-state index in [-0.39, 0.29) is 10.6 Å². The van der Waals surface area contributed by atoms with Gasteiger partial charge in [-0.25, -0.2) is 0 Å². The highest BCUT2D eigenvalue weighted by atomic mass is 127. The number of nitro groups is 1. The Morgan fingerprint density at radius 3 is 2.86 bits per heavy atom. The standard InChI is InChI=1S/C8H4INO2S2/c9-4-1-5-6(10(11)12)3-14-8(5)7(13)2-4/h1-3,13H. The molecule has 14 heavy (non-hydrogen) atoms. The Morgan fingerprint density at radius 1 is 1.50 bits per heavy atom. The van der Waals surface area contributed by atoms with Gasteiger partial charge in [-0.1, -0.05) is 0 Å². The number of thiol groups is 1. The quantitative estimate of drug-likeness (QED) is 0.373. The van der Waals surface area contributed by atoms with Crippen molar-refractivity contribution in [2.24, 2.45) is 0 Å². The fourth-order valence-corrected chi connectivity index (χ4v) is 3.41. The van der Waals surface area contributed by atoms with Crippen molar-refractivity contribution in [3.05, 3.63) is 31.2 Å². The fraction of sp³-hybridized carbons (Fsp3) is 0. The van der Waals surface area contributed by atoms with Crippen molar-refractivity contribution in [3.8, 4) is 0 Å². The van der Waals surface area contributed by atoms with E-state index in [4.69, 9.17) is 0 Å². The van der Waals surface area contributed by atoms with Gasteiger partial charge in [-0.3, -0.25) is 10.1 Å². The van der Waals surface area contributed by atoms with Gasteiger partial charge in [-0.2, -0.15) is 0 Å². The summed E-state index contributed by atoms with van der Waals surface area (Å²) in [6, 6.07) is 3.70. The number of hydrogen-bond acceptors (Lipinski definition) is 4. The van der Waals surface area contributed by atoms with Gasteiger partial charge in [-0.05, 0) is 34.7 Å². The first-order chi connectivity index (χ1) is 6.59. The average molecular weight is 337 g/mol. The predicted molar refractivity (Wildman–Crippen MR) is 68.4 cm³/mol. The first kappa shape index (κ1) is 10.2. The van der Waals surface area contributed by atoms with E-state index in [1.165, 1.54) is 11.3 Å². The summed E-state index contributed by atoms with van der Waals surface area (Å²) >= 11 is 7.77. The number of thiophene rings is 1. The highest BCUT2D eigenvalue weighted by Gasteiger charge is 2.15. The van der Waals surface area contributed by atoms with E-state index < -0.39 is 0 Å². The van der Waals surface area contributed by atoms with Crippen molar-refractivity contribution in [1.82, 2.24) is 0 Å². The summed E-state index contributed by atoms with van der Waals surface area (Å²) in [7, 11) is 0. The van der Waals surface area contributed by atoms with Gasteiger partial charge in [0.15, 0.2) is 0 Å². The summed E-state index contributed by atoms with van der Waals surface area (Å²) in [5.74, 6) is 0. The molecule has 6 heteroatoms. The molecule has 1 aromatic heterocycles. The summed E-state index contributed by atoms with van der Waals surface area (Å²) < 4.78 is 1.84. The molecule has 0 fully saturated rings. The Hall–Kier alpha value is -0.340. The highest BCUT2D eigenvalue weighted by molar-refractivity contribution is 14.1. The molecule has 0 spiro atoms. The maximum Gasteiger partial charge on any atom is 0.287 e. The van der Waals surface area contributed by atoms with E-state index in [9.17, 15) is 10.1 Å². The van der Waals surface area contributed by atoms with E-state index in [2.05, 4.69) is 35.2 Å². The van der Waals surface area contributed by atoms with Crippen LogP contribution in [0.25, 0.3) is 10.1 Å². The highest BCUT2D eigenvalue weighted by Crippen LogP contribution is 2.36. The van der Waals surface area contributed by atoms with E-state index in [0.29, 0.717) is 5.39 Å². The minimum atomic E-state index is -0.359. The summed E-state index contributed by atoms with van der Waals surface area (Å²) in [6.45, 7) is 0. The Balaban J connectivity index is 2.85. The van der Waals surface area contributed by atoms with E-state index in [1.807, 2.05) is 12.1 Å². The van der Waals surface area contributed by atoms with Crippen LogP contribution in [0.3, 0.4) is 0 Å². The Kier molecular flexibility index (Phi) is 2.67. The Morgan fingerprint density at radius 2 is 2.21 bits per heavy atom. The van der Waals surface area contributed by atoms with Crippen LogP contribution in [-0.4, -0.2) is 4.92 Å². The van der Waals surface area contributed by atoms with Gasteiger partial charge in [0, 0.05) is 8.47 Å². The maximum atomic E-state index is 10.7. The van der Waals surface area contributed by atoms with Crippen LogP contribution in [0.15, 0.2) is 22.4 Å². The molecular weight excluding hydrogens is 333 g/mol. The summed E-state index contributed by atoms with van der Waals surface area (Å²) in [6.07, 6.45) is 0. The maximum absolute atomic E-state index is 10.7. The number of hydrogen-bond donors (Lipinski definition) is 1. The van der Waals surface area contributed by atoms with Crippen molar-refractivity contribution < 1.29 is 4.92 Å². The molecule has 0 atom stereocenters. The molecule has 1 aromatic carbocycles. The minimum absolute atomic E-state index is 0.166. The lowest BCUT2D eigenvalue weighted by Crippen LogP contribution is -1.85. The van der Waals surface area contributed by atoms with Crippen molar-refractivity contribution in [2.75, 3.05) is 0 Å². The van der Waals surface area contributed by atoms with Crippen LogP contribution in [-0.2, 0) is 0 Å². The first-order valence-electron chi connectivity index (χ1n) is 3.63. The third-order valence-corrected chi connectivity index (χ3v) is 3.94. The molecule has 72 valence electrons. The largest absolute Gasteiger partial charge is 0.287 e. The number of halogens is 1. The molecule has 0 aliphatic rings. The lowest BCUT2D eigenvalue weighted by molar-refractivity contribution is -0.382. The van der Waals surface area contributed by atoms with Crippen molar-refractivity contribution in [2.45, 2.75) is 4.90 Å². The molecule has 0 N–H and O–H groups in total. The predicted octanol–water partition coefficient (Wildman–Crippen LogP) is 3.70. The van der Waals surface area contributed by atoms with Crippen molar-refractivity contribution in [3.63, 3.8) is 0 Å². The molecule has 0 saturated carbocycles. The summed E-state index contributed by atoms with van der Waals surface area (Å²) in [5, 5.41) is 12.9. The van der Waals surface area contributed by atoms with Crippen LogP contribution in [0, 0.1) is 13.7 Å². The van der Waals surface area contributed by atoms with Gasteiger partial charge in [0.2, 0.25) is 0 Å². The van der Waals surface area contributed by atoms with E-state index in [0.717, 1.165) is 13.2 Å². The van der Waals surface area contributed by atoms with Gasteiger partial charge in [0.05, 0.1) is 20.4 Å². The van der Waals surface area contributed by atoms with E-state index in [1.54, 1.807) is 5.38 Å². The van der Waals surface area contributed by atoms with Crippen LogP contribution in [0.5, 0.6) is 0 Å². The molecule has 1 heterocycles. The Labute approximate surface area is 103 Å². The van der Waals surface area contributed by atoms with Gasteiger partial charge in [0.1, 0.15) is 0 Å². The van der Waals surface area contributed by atoms with E-state index >= 15 is 0 Å². The second-order valence-electron chi connectivity index (χ2n) is 2.68. The number of benzene rings is 1. The molecule has 0 bridgehead atoms. The second kappa shape index (κ2) is 3.67. The lowest BCUT2D eigenvalue weighted by atomic mass is 10.2. The zero-order valence-electron chi connectivity index (χ0n) is 6.73. The van der Waals surface area contributed by atoms with Crippen molar-refractivity contribution in [1.29, 1.82) is 0 Å². The normalized spacial score (nSPS) is 10.7. The zero-order valence-corrected chi connectivity index (χ0v) is 10.6. The molecule has 0 radical (unpaired) electrons. The molecule has 2 rings (SSSR count). The molecule has 3 nitrogen and oxygen atoms in total. The van der Waals surface area contributed by atoms with Crippen LogP contribution >= 0.6 is 46.6 Å². The minimum Gasteiger partial charge on any atom is -0.258 e. The number of fused-ring (bicyclic) bond motifs is 1. The van der Waals surface area contributed by atoms with Crippen LogP contribution in [0.1, 0.15) is 0 Å². The third-order valence-electron chi connectivity index (χ3n) is 1.80. The summed E-state index contributed by atoms with van der Waals surface area (Å²) in [5.41, 5.74) is 0.166. The molecular formula is C8H4INO2S2. The first-order valence-corrected chi connectivity index (χ1v) is 6.04. The van der Waals surface area contributed by atoms with Crippen LogP contribution in [0.2, 0.25) is 0 Å². The topological polar surface area (TPSA) is 43.1 Å². The van der Waals surface area contributed by atoms with Gasteiger partial charge < -0.3 is 0 Å². The molecule has 0 amide bonds. The fourth-order valence-electron chi connectivity index (χ4n) is 1.21. The second-order valence-corrected chi connectivity index (χ2v) is 5.29. The van der Waals surface area contributed by atoms with Gasteiger partial charge in [0.25, 0.3) is 5.69 Å². The number of nitrogens with zero attached hydrogens (tertiary/aromatic N) is 1. The zero-order chi connectivity index (χ0) is 10.3. The SMILES string of the molecule is O=[N+]([O-])c1csc2c(S)cc(I)cc12. The molecule has 2 aromatic rings. The van der Waals surface area contributed by atoms with Crippen LogP contribution in [0.4, 0.5) is 5.69 Å². The smallest absolute Gasteiger partial charge is 0.258 e. The monoisotopic (exact) mass is 337 g/mol. The van der Waals surface area contributed by atoms with Gasteiger partial charge in [-0.15, -0.1) is 24.0 Å². The molecule has 0 aliphatic heterocycles. The van der Waals surface area contributed by atoms with Crippen molar-refractivity contribution >= 4 is 62.3 Å². The third kappa shape index (κ3) is 1.61. The lowest BCUT2D eigenvalue weighted by Gasteiger charge is -1.95. The number of rotatable bonds is 1. The van der Waals surface area contributed by atoms with Crippen LogP contribution < -0.4 is 0 Å². The molecule has 0 saturated heterocycles. The Bertz CT molecular complexity index is 523.